The Morgan fingerprint density at radius 1 is 0.875 bits per heavy atom. The Labute approximate surface area is 184 Å². The van der Waals surface area contributed by atoms with E-state index in [1.165, 1.54) is 13.0 Å². The number of carbonyl (C=O) groups is 3. The number of imide groups is 1. The van der Waals surface area contributed by atoms with Crippen LogP contribution in [0.4, 0.5) is 5.69 Å². The van der Waals surface area contributed by atoms with Gasteiger partial charge in [0.2, 0.25) is 11.8 Å². The molecule has 6 nitrogen and oxygen atoms in total. The average molecular weight is 425 g/mol. The molecule has 0 unspecified atom stereocenters. The highest BCUT2D eigenvalue weighted by Crippen LogP contribution is 2.64. The van der Waals surface area contributed by atoms with Gasteiger partial charge >= 0.3 is 5.97 Å². The molecule has 3 aliphatic carbocycles. The largest absolute Gasteiger partial charge is 0.506 e. The van der Waals surface area contributed by atoms with Crippen molar-refractivity contribution >= 4 is 23.5 Å². The van der Waals surface area contributed by atoms with Gasteiger partial charge in [0, 0.05) is 24.0 Å². The fourth-order valence-electron chi connectivity index (χ4n) is 5.99. The molecular formula is C26H19NO5. The van der Waals surface area contributed by atoms with Crippen molar-refractivity contribution in [2.45, 2.75) is 18.4 Å². The highest BCUT2D eigenvalue weighted by atomic mass is 16.6. The van der Waals surface area contributed by atoms with Gasteiger partial charge in [-0.2, -0.15) is 0 Å². The number of esters is 1. The molecule has 1 saturated heterocycles. The number of benzene rings is 3. The maximum Gasteiger partial charge on any atom is 0.303 e. The number of aromatic hydroxyl groups is 1. The average Bonchev–Trinajstić information content (AvgIpc) is 3.05. The van der Waals surface area contributed by atoms with E-state index >= 15 is 0 Å². The summed E-state index contributed by atoms with van der Waals surface area (Å²) in [7, 11) is 0. The molecule has 3 aromatic carbocycles. The van der Waals surface area contributed by atoms with Gasteiger partial charge in [-0.25, -0.2) is 4.90 Å². The summed E-state index contributed by atoms with van der Waals surface area (Å²) < 4.78 is 6.06. The van der Waals surface area contributed by atoms with Gasteiger partial charge in [0.25, 0.3) is 0 Å². The summed E-state index contributed by atoms with van der Waals surface area (Å²) in [6.45, 7) is 1.32. The van der Waals surface area contributed by atoms with Crippen molar-refractivity contribution in [2.75, 3.05) is 4.90 Å². The highest BCUT2D eigenvalue weighted by Gasteiger charge is 2.70. The lowest BCUT2D eigenvalue weighted by molar-refractivity contribution is -0.167. The van der Waals surface area contributed by atoms with Crippen LogP contribution < -0.4 is 4.90 Å². The van der Waals surface area contributed by atoms with Crippen molar-refractivity contribution < 1.29 is 24.2 Å². The normalized spacial score (nSPS) is 27.0. The van der Waals surface area contributed by atoms with Crippen LogP contribution in [0.2, 0.25) is 0 Å². The fraction of sp³-hybridized carbons (Fsp3) is 0.192. The van der Waals surface area contributed by atoms with Crippen LogP contribution >= 0.6 is 0 Å². The van der Waals surface area contributed by atoms with E-state index in [1.807, 2.05) is 48.5 Å². The van der Waals surface area contributed by atoms with Crippen molar-refractivity contribution in [1.29, 1.82) is 0 Å². The van der Waals surface area contributed by atoms with Gasteiger partial charge < -0.3 is 9.84 Å². The zero-order chi connectivity index (χ0) is 22.2. The second kappa shape index (κ2) is 6.29. The number of carbonyl (C=O) groups excluding carboxylic acids is 3. The van der Waals surface area contributed by atoms with Crippen molar-refractivity contribution in [3.05, 3.63) is 95.1 Å². The third-order valence-electron chi connectivity index (χ3n) is 6.97. The second-order valence-electron chi connectivity index (χ2n) is 8.49. The van der Waals surface area contributed by atoms with Crippen molar-refractivity contribution in [1.82, 2.24) is 0 Å². The van der Waals surface area contributed by atoms with Crippen LogP contribution in [-0.2, 0) is 24.7 Å². The first-order valence-electron chi connectivity index (χ1n) is 10.5. The lowest BCUT2D eigenvalue weighted by atomic mass is 9.52. The van der Waals surface area contributed by atoms with E-state index < -0.39 is 35.2 Å². The molecule has 2 atom stereocenters. The molecule has 0 aromatic heterocycles. The van der Waals surface area contributed by atoms with Crippen molar-refractivity contribution in [2.24, 2.45) is 11.8 Å². The van der Waals surface area contributed by atoms with Crippen LogP contribution in [0.5, 0.6) is 5.75 Å². The smallest absolute Gasteiger partial charge is 0.303 e. The minimum atomic E-state index is -1.41. The minimum absolute atomic E-state index is 0.141. The van der Waals surface area contributed by atoms with Gasteiger partial charge in [0.05, 0.1) is 17.5 Å². The SMILES string of the molecule is CC(=O)OC12c3ccccc3C(c3ccccc31)[C@H]1C(=O)N(c3ccccc3O)C(=O)[C@H]12. The third-order valence-corrected chi connectivity index (χ3v) is 6.97. The van der Waals surface area contributed by atoms with Crippen LogP contribution in [0.3, 0.4) is 0 Å². The van der Waals surface area contributed by atoms with Crippen molar-refractivity contribution in [3.8, 4) is 5.75 Å². The number of phenolic OH excluding ortho intramolecular Hbond substituents is 1. The Hall–Kier alpha value is -3.93. The first kappa shape index (κ1) is 18.8. The predicted octanol–water partition coefficient (Wildman–Crippen LogP) is 3.46. The van der Waals surface area contributed by atoms with Crippen molar-refractivity contribution in [3.63, 3.8) is 0 Å². The second-order valence-corrected chi connectivity index (χ2v) is 8.49. The molecule has 2 amide bonds. The van der Waals surface area contributed by atoms with Gasteiger partial charge in [-0.3, -0.25) is 14.4 Å². The molecule has 32 heavy (non-hydrogen) atoms. The molecule has 2 bridgehead atoms. The molecule has 7 rings (SSSR count). The number of para-hydroxylation sites is 2. The van der Waals surface area contributed by atoms with Crippen LogP contribution in [-0.4, -0.2) is 22.9 Å². The molecule has 1 heterocycles. The lowest BCUT2D eigenvalue weighted by Gasteiger charge is -2.52. The monoisotopic (exact) mass is 425 g/mol. The number of rotatable bonds is 2. The summed E-state index contributed by atoms with van der Waals surface area (Å²) in [6, 6.07) is 21.4. The number of amides is 2. The molecule has 0 radical (unpaired) electrons. The number of hydrogen-bond donors (Lipinski definition) is 1. The number of ether oxygens (including phenoxy) is 1. The first-order valence-corrected chi connectivity index (χ1v) is 10.5. The van der Waals surface area contributed by atoms with E-state index in [0.29, 0.717) is 0 Å². The molecule has 1 fully saturated rings. The number of nitrogens with zero attached hydrogens (tertiary/aromatic N) is 1. The Kier molecular flexibility index (Phi) is 3.70. The summed E-state index contributed by atoms with van der Waals surface area (Å²) in [5, 5.41) is 10.4. The summed E-state index contributed by atoms with van der Waals surface area (Å²) in [5.41, 5.74) is 1.97. The van der Waals surface area contributed by atoms with E-state index in [9.17, 15) is 19.5 Å². The van der Waals surface area contributed by atoms with Crippen LogP contribution in [0, 0.1) is 11.8 Å². The molecule has 3 aromatic rings. The Bertz CT molecular complexity index is 1280. The van der Waals surface area contributed by atoms with Crippen LogP contribution in [0.1, 0.15) is 35.1 Å². The summed E-state index contributed by atoms with van der Waals surface area (Å²) in [6.07, 6.45) is 0. The first-order chi connectivity index (χ1) is 15.5. The van der Waals surface area contributed by atoms with Gasteiger partial charge in [0.1, 0.15) is 5.75 Å². The molecule has 0 spiro atoms. The number of phenols is 1. The van der Waals surface area contributed by atoms with Crippen LogP contribution in [0.15, 0.2) is 72.8 Å². The topological polar surface area (TPSA) is 83.9 Å². The Morgan fingerprint density at radius 3 is 2.03 bits per heavy atom. The van der Waals surface area contributed by atoms with Gasteiger partial charge in [-0.1, -0.05) is 60.7 Å². The van der Waals surface area contributed by atoms with Gasteiger partial charge in [-0.05, 0) is 23.3 Å². The third kappa shape index (κ3) is 2.11. The number of hydrogen-bond acceptors (Lipinski definition) is 5. The van der Waals surface area contributed by atoms with Gasteiger partial charge in [0.15, 0.2) is 5.60 Å². The maximum absolute atomic E-state index is 13.9. The molecule has 0 saturated carbocycles. The van der Waals surface area contributed by atoms with E-state index in [0.717, 1.165) is 27.2 Å². The minimum Gasteiger partial charge on any atom is -0.506 e. The summed E-state index contributed by atoms with van der Waals surface area (Å²) >= 11 is 0. The number of anilines is 1. The highest BCUT2D eigenvalue weighted by molar-refractivity contribution is 6.24. The van der Waals surface area contributed by atoms with E-state index in [4.69, 9.17) is 4.74 Å². The zero-order valence-corrected chi connectivity index (χ0v) is 17.2. The quantitative estimate of drug-likeness (QED) is 0.502. The Morgan fingerprint density at radius 2 is 1.44 bits per heavy atom. The molecule has 1 N–H and O–H groups in total. The molecular weight excluding hydrogens is 406 g/mol. The molecule has 6 heteroatoms. The fourth-order valence-corrected chi connectivity index (χ4v) is 5.99. The van der Waals surface area contributed by atoms with Crippen LogP contribution in [0.25, 0.3) is 0 Å². The Balaban J connectivity index is 1.67. The zero-order valence-electron chi connectivity index (χ0n) is 17.2. The lowest BCUT2D eigenvalue weighted by Crippen LogP contribution is -2.55. The predicted molar refractivity (Wildman–Crippen MR) is 115 cm³/mol. The van der Waals surface area contributed by atoms with E-state index in [-0.39, 0.29) is 17.4 Å². The molecule has 1 aliphatic heterocycles. The summed E-state index contributed by atoms with van der Waals surface area (Å²) in [4.78, 5) is 41.2. The maximum atomic E-state index is 13.9. The van der Waals surface area contributed by atoms with E-state index in [1.54, 1.807) is 18.2 Å². The van der Waals surface area contributed by atoms with E-state index in [2.05, 4.69) is 0 Å². The molecule has 4 aliphatic rings. The van der Waals surface area contributed by atoms with Gasteiger partial charge in [-0.15, -0.1) is 0 Å². The summed E-state index contributed by atoms with van der Waals surface area (Å²) in [5.74, 6) is -3.58. The standard InChI is InChI=1S/C26H19NO5/c1-14(28)32-26-17-10-4-2-8-15(17)21(16-9-3-5-11-18(16)26)22-23(26)25(31)27(24(22)30)19-12-6-7-13-20(19)29/h2-13,21-23,29H,1H3/t21?,22-,23+,26?/m1/s1. The molecule has 158 valence electrons.